The molecule has 3 aromatic rings. The standard InChI is InChI=1S/C37H48N4O5/c1-25(2)34(41-20-12-19-38-37(41)45)36(44)39-30(21-28-15-7-5-8-16-28)23-32(42)31(22-29-17-9-6-10-18-29)40-33(43)24-46-35-26(3)13-11-14-27(35)4/h5-11,13-18,25,30-32,34,42H,12,19-24H2,1-4H3,(H,38,45)(H,39,44)(H,40,43)/t30?,31?,32-,34-/m0/s1. The van der Waals surface area contributed by atoms with Crippen molar-refractivity contribution in [3.8, 4) is 5.75 Å². The molecule has 0 radical (unpaired) electrons. The topological polar surface area (TPSA) is 120 Å². The van der Waals surface area contributed by atoms with Crippen LogP contribution >= 0.6 is 0 Å². The van der Waals surface area contributed by atoms with Gasteiger partial charge in [0, 0.05) is 19.1 Å². The van der Waals surface area contributed by atoms with E-state index in [4.69, 9.17) is 4.74 Å². The molecule has 1 aliphatic heterocycles. The van der Waals surface area contributed by atoms with E-state index in [1.165, 1.54) is 0 Å². The molecule has 2 unspecified atom stereocenters. The third kappa shape index (κ3) is 9.81. The number of aliphatic hydroxyl groups is 1. The van der Waals surface area contributed by atoms with Gasteiger partial charge in [0.15, 0.2) is 6.61 Å². The van der Waals surface area contributed by atoms with Crippen molar-refractivity contribution in [2.75, 3.05) is 19.7 Å². The number of rotatable bonds is 15. The molecule has 0 spiro atoms. The predicted octanol–water partition coefficient (Wildman–Crippen LogP) is 4.33. The second-order valence-electron chi connectivity index (χ2n) is 12.5. The molecule has 1 saturated heterocycles. The Morgan fingerprint density at radius 1 is 0.891 bits per heavy atom. The number of benzene rings is 3. The molecule has 4 amide bonds. The lowest BCUT2D eigenvalue weighted by atomic mass is 9.92. The Morgan fingerprint density at radius 3 is 2.09 bits per heavy atom. The van der Waals surface area contributed by atoms with Gasteiger partial charge in [-0.25, -0.2) is 4.79 Å². The number of hydrogen-bond acceptors (Lipinski definition) is 5. The van der Waals surface area contributed by atoms with Gasteiger partial charge >= 0.3 is 6.03 Å². The highest BCUT2D eigenvalue weighted by molar-refractivity contribution is 5.87. The molecule has 4 atom stereocenters. The summed E-state index contributed by atoms with van der Waals surface area (Å²) in [6.07, 6.45) is 0.831. The van der Waals surface area contributed by atoms with Gasteiger partial charge in [0.25, 0.3) is 5.91 Å². The van der Waals surface area contributed by atoms with Crippen molar-refractivity contribution < 1.29 is 24.2 Å². The van der Waals surface area contributed by atoms with Gasteiger partial charge in [-0.15, -0.1) is 0 Å². The number of aliphatic hydroxyl groups excluding tert-OH is 1. The summed E-state index contributed by atoms with van der Waals surface area (Å²) in [4.78, 5) is 41.3. The first-order valence-corrected chi connectivity index (χ1v) is 16.2. The monoisotopic (exact) mass is 628 g/mol. The molecule has 1 heterocycles. The van der Waals surface area contributed by atoms with Crippen molar-refractivity contribution in [2.24, 2.45) is 5.92 Å². The lowest BCUT2D eigenvalue weighted by Crippen LogP contribution is -2.59. The fraction of sp³-hybridized carbons (Fsp3) is 0.432. The Kier molecular flexibility index (Phi) is 12.6. The third-order valence-corrected chi connectivity index (χ3v) is 8.41. The molecule has 9 nitrogen and oxygen atoms in total. The van der Waals surface area contributed by atoms with E-state index in [2.05, 4.69) is 16.0 Å². The van der Waals surface area contributed by atoms with Crippen LogP contribution in [0.15, 0.2) is 78.9 Å². The minimum absolute atomic E-state index is 0.117. The predicted molar refractivity (Wildman–Crippen MR) is 180 cm³/mol. The highest BCUT2D eigenvalue weighted by Crippen LogP contribution is 2.22. The molecule has 0 aliphatic carbocycles. The van der Waals surface area contributed by atoms with E-state index in [-0.39, 0.29) is 36.8 Å². The molecular weight excluding hydrogens is 580 g/mol. The van der Waals surface area contributed by atoms with Gasteiger partial charge in [0.2, 0.25) is 5.91 Å². The van der Waals surface area contributed by atoms with E-state index < -0.39 is 24.2 Å². The highest BCUT2D eigenvalue weighted by Gasteiger charge is 2.35. The summed E-state index contributed by atoms with van der Waals surface area (Å²) >= 11 is 0. The molecule has 9 heteroatoms. The van der Waals surface area contributed by atoms with Gasteiger partial charge < -0.3 is 30.7 Å². The summed E-state index contributed by atoms with van der Waals surface area (Å²) in [5.74, 6) is -0.0493. The molecule has 246 valence electrons. The van der Waals surface area contributed by atoms with Crippen LogP contribution < -0.4 is 20.7 Å². The maximum absolute atomic E-state index is 13.8. The minimum Gasteiger partial charge on any atom is -0.483 e. The second kappa shape index (κ2) is 16.8. The van der Waals surface area contributed by atoms with Gasteiger partial charge in [-0.05, 0) is 67.7 Å². The summed E-state index contributed by atoms with van der Waals surface area (Å²) in [7, 11) is 0. The molecule has 1 aliphatic rings. The second-order valence-corrected chi connectivity index (χ2v) is 12.5. The number of aryl methyl sites for hydroxylation is 2. The quantitative estimate of drug-likeness (QED) is 0.200. The molecule has 4 rings (SSSR count). The summed E-state index contributed by atoms with van der Waals surface area (Å²) in [6, 6.07) is 23.3. The van der Waals surface area contributed by atoms with Crippen LogP contribution in [-0.2, 0) is 22.4 Å². The van der Waals surface area contributed by atoms with Crippen molar-refractivity contribution in [3.05, 3.63) is 101 Å². The van der Waals surface area contributed by atoms with E-state index in [0.29, 0.717) is 31.7 Å². The van der Waals surface area contributed by atoms with Crippen molar-refractivity contribution in [3.63, 3.8) is 0 Å². The Labute approximate surface area is 272 Å². The number of amides is 4. The number of nitrogens with one attached hydrogen (secondary N) is 3. The van der Waals surface area contributed by atoms with Crippen molar-refractivity contribution >= 4 is 17.8 Å². The summed E-state index contributed by atoms with van der Waals surface area (Å²) in [5, 5.41) is 20.7. The van der Waals surface area contributed by atoms with Gasteiger partial charge in [0.1, 0.15) is 11.8 Å². The molecule has 0 aromatic heterocycles. The SMILES string of the molecule is Cc1cccc(C)c1OCC(=O)NC(Cc1ccccc1)[C@@H](O)CC(Cc1ccccc1)NC(=O)[C@H](C(C)C)N1CCCNC1=O. The van der Waals surface area contributed by atoms with Crippen LogP contribution in [-0.4, -0.2) is 71.8 Å². The van der Waals surface area contributed by atoms with Crippen LogP contribution in [0.2, 0.25) is 0 Å². The highest BCUT2D eigenvalue weighted by atomic mass is 16.5. The van der Waals surface area contributed by atoms with E-state index in [0.717, 1.165) is 28.7 Å². The minimum atomic E-state index is -0.992. The van der Waals surface area contributed by atoms with Crippen molar-refractivity contribution in [1.82, 2.24) is 20.9 Å². The number of para-hydroxylation sites is 1. The van der Waals surface area contributed by atoms with Crippen LogP contribution in [0.1, 0.15) is 48.9 Å². The summed E-state index contributed by atoms with van der Waals surface area (Å²) in [6.45, 7) is 8.63. The number of nitrogens with zero attached hydrogens (tertiary/aromatic N) is 1. The summed E-state index contributed by atoms with van der Waals surface area (Å²) in [5.41, 5.74) is 3.84. The number of ether oxygens (including phenoxy) is 1. The van der Waals surface area contributed by atoms with Crippen LogP contribution in [0.5, 0.6) is 5.75 Å². The zero-order valence-corrected chi connectivity index (χ0v) is 27.4. The Hall–Kier alpha value is -4.37. The maximum Gasteiger partial charge on any atom is 0.318 e. The first-order valence-electron chi connectivity index (χ1n) is 16.2. The first kappa shape index (κ1) is 34.5. The maximum atomic E-state index is 13.8. The van der Waals surface area contributed by atoms with E-state index >= 15 is 0 Å². The molecule has 46 heavy (non-hydrogen) atoms. The van der Waals surface area contributed by atoms with Crippen LogP contribution in [0.4, 0.5) is 4.79 Å². The van der Waals surface area contributed by atoms with Crippen LogP contribution in [0.25, 0.3) is 0 Å². The third-order valence-electron chi connectivity index (χ3n) is 8.41. The molecular formula is C37H48N4O5. The molecule has 0 bridgehead atoms. The molecule has 4 N–H and O–H groups in total. The molecule has 3 aromatic carbocycles. The number of hydrogen-bond donors (Lipinski definition) is 4. The Bertz CT molecular complexity index is 1410. The average Bonchev–Trinajstić information content (AvgIpc) is 3.02. The van der Waals surface area contributed by atoms with E-state index in [1.807, 2.05) is 107 Å². The molecule has 0 saturated carbocycles. The lowest BCUT2D eigenvalue weighted by molar-refractivity contribution is -0.128. The zero-order chi connectivity index (χ0) is 33.1. The number of carbonyl (C=O) groups excluding carboxylic acids is 3. The van der Waals surface area contributed by atoms with Gasteiger partial charge in [-0.1, -0.05) is 92.7 Å². The van der Waals surface area contributed by atoms with Crippen LogP contribution in [0, 0.1) is 19.8 Å². The number of carbonyl (C=O) groups is 3. The van der Waals surface area contributed by atoms with E-state index in [1.54, 1.807) is 4.90 Å². The van der Waals surface area contributed by atoms with Crippen LogP contribution in [0.3, 0.4) is 0 Å². The first-order chi connectivity index (χ1) is 22.1. The fourth-order valence-electron chi connectivity index (χ4n) is 6.12. The average molecular weight is 629 g/mol. The Balaban J connectivity index is 1.52. The molecule has 1 fully saturated rings. The van der Waals surface area contributed by atoms with Crippen molar-refractivity contribution in [2.45, 2.75) is 77.6 Å². The lowest BCUT2D eigenvalue weighted by Gasteiger charge is -2.37. The Morgan fingerprint density at radius 2 is 1.50 bits per heavy atom. The van der Waals surface area contributed by atoms with Gasteiger partial charge in [0.05, 0.1) is 12.1 Å². The fourth-order valence-corrected chi connectivity index (χ4v) is 6.12. The van der Waals surface area contributed by atoms with Crippen molar-refractivity contribution in [1.29, 1.82) is 0 Å². The van der Waals surface area contributed by atoms with E-state index in [9.17, 15) is 19.5 Å². The van der Waals surface area contributed by atoms with Gasteiger partial charge in [-0.3, -0.25) is 9.59 Å². The smallest absolute Gasteiger partial charge is 0.318 e. The normalized spacial score (nSPS) is 15.8. The number of urea groups is 1. The van der Waals surface area contributed by atoms with Gasteiger partial charge in [-0.2, -0.15) is 0 Å². The summed E-state index contributed by atoms with van der Waals surface area (Å²) < 4.78 is 5.90. The largest absolute Gasteiger partial charge is 0.483 e. The zero-order valence-electron chi connectivity index (χ0n) is 27.4.